The van der Waals surface area contributed by atoms with E-state index in [9.17, 15) is 4.79 Å². The van der Waals surface area contributed by atoms with E-state index in [1.807, 2.05) is 35.7 Å². The quantitative estimate of drug-likeness (QED) is 0.747. The van der Waals surface area contributed by atoms with Gasteiger partial charge in [0.05, 0.1) is 12.8 Å². The zero-order valence-corrected chi connectivity index (χ0v) is 14.3. The zero-order valence-electron chi connectivity index (χ0n) is 13.5. The van der Waals surface area contributed by atoms with Gasteiger partial charge in [-0.25, -0.2) is 4.98 Å². The Morgan fingerprint density at radius 3 is 2.88 bits per heavy atom. The van der Waals surface area contributed by atoms with Crippen LogP contribution in [0, 0.1) is 0 Å². The molecule has 0 fully saturated rings. The molecule has 2 aromatic heterocycles. The van der Waals surface area contributed by atoms with Crippen molar-refractivity contribution in [3.63, 3.8) is 0 Å². The number of hydrogen-bond donors (Lipinski definition) is 1. The lowest BCUT2D eigenvalue weighted by Crippen LogP contribution is -2.25. The first-order chi connectivity index (χ1) is 11.7. The fourth-order valence-corrected chi connectivity index (χ4v) is 3.17. The number of ether oxygens (including phenoxy) is 1. The highest BCUT2D eigenvalue weighted by Gasteiger charge is 2.15. The second kappa shape index (κ2) is 7.27. The predicted molar refractivity (Wildman–Crippen MR) is 93.3 cm³/mol. The molecule has 1 aromatic carbocycles. The minimum absolute atomic E-state index is 0.196. The highest BCUT2D eigenvalue weighted by molar-refractivity contribution is 7.13. The Morgan fingerprint density at radius 2 is 2.12 bits per heavy atom. The van der Waals surface area contributed by atoms with Gasteiger partial charge in [-0.05, 0) is 0 Å². The van der Waals surface area contributed by atoms with Crippen molar-refractivity contribution in [3.8, 4) is 16.5 Å². The Morgan fingerprint density at radius 1 is 1.33 bits per heavy atom. The fraction of sp³-hybridized carbons (Fsp3) is 0.235. The molecule has 3 rings (SSSR count). The molecule has 2 heterocycles. The number of methoxy groups -OCH3 is 1. The van der Waals surface area contributed by atoms with Crippen LogP contribution >= 0.6 is 11.3 Å². The summed E-state index contributed by atoms with van der Waals surface area (Å²) >= 11 is 1.61. The van der Waals surface area contributed by atoms with Crippen LogP contribution in [-0.2, 0) is 13.5 Å². The standard InChI is InChI=1S/C17H18N4O2S/c1-21-10-14(16(20-21)23-2)15(22)18-9-8-13-11-24-17(19-13)12-6-4-3-5-7-12/h3-7,10-11H,8-9H2,1-2H3,(H,18,22). The average molecular weight is 342 g/mol. The van der Waals surface area contributed by atoms with Crippen LogP contribution in [0.1, 0.15) is 16.1 Å². The molecular formula is C17H18N4O2S. The third kappa shape index (κ3) is 3.62. The normalized spacial score (nSPS) is 10.6. The number of hydrogen-bond acceptors (Lipinski definition) is 5. The summed E-state index contributed by atoms with van der Waals surface area (Å²) in [6, 6.07) is 10.1. The molecule has 0 saturated heterocycles. The molecule has 0 spiro atoms. The van der Waals surface area contributed by atoms with Crippen molar-refractivity contribution in [2.45, 2.75) is 6.42 Å². The highest BCUT2D eigenvalue weighted by Crippen LogP contribution is 2.23. The van der Waals surface area contributed by atoms with Gasteiger partial charge in [0.15, 0.2) is 0 Å². The summed E-state index contributed by atoms with van der Waals surface area (Å²) < 4.78 is 6.66. The molecule has 0 unspecified atom stereocenters. The topological polar surface area (TPSA) is 69.0 Å². The molecule has 0 radical (unpaired) electrons. The molecule has 6 nitrogen and oxygen atoms in total. The first-order valence-corrected chi connectivity index (χ1v) is 8.41. The van der Waals surface area contributed by atoms with Crippen LogP contribution in [0.25, 0.3) is 10.6 Å². The first kappa shape index (κ1) is 16.2. The first-order valence-electron chi connectivity index (χ1n) is 7.53. The lowest BCUT2D eigenvalue weighted by atomic mass is 10.2. The van der Waals surface area contributed by atoms with Crippen LogP contribution in [0.2, 0.25) is 0 Å². The number of carbonyl (C=O) groups excluding carboxylic acids is 1. The van der Waals surface area contributed by atoms with Crippen LogP contribution in [0.15, 0.2) is 41.9 Å². The fourth-order valence-electron chi connectivity index (χ4n) is 2.31. The second-order valence-electron chi connectivity index (χ2n) is 5.24. The Bertz CT molecular complexity index is 826. The largest absolute Gasteiger partial charge is 0.479 e. The van der Waals surface area contributed by atoms with E-state index >= 15 is 0 Å². The minimum atomic E-state index is -0.196. The van der Waals surface area contributed by atoms with Crippen molar-refractivity contribution in [2.24, 2.45) is 7.05 Å². The monoisotopic (exact) mass is 342 g/mol. The lowest BCUT2D eigenvalue weighted by molar-refractivity contribution is 0.0951. The smallest absolute Gasteiger partial charge is 0.258 e. The van der Waals surface area contributed by atoms with E-state index in [0.29, 0.717) is 24.4 Å². The zero-order chi connectivity index (χ0) is 16.9. The molecule has 0 saturated carbocycles. The molecule has 0 bridgehead atoms. The van der Waals surface area contributed by atoms with Gasteiger partial charge in [-0.1, -0.05) is 30.3 Å². The molecule has 0 aliphatic heterocycles. The third-order valence-electron chi connectivity index (χ3n) is 3.47. The van der Waals surface area contributed by atoms with Crippen LogP contribution in [-0.4, -0.2) is 34.3 Å². The Labute approximate surface area is 144 Å². The van der Waals surface area contributed by atoms with Crippen molar-refractivity contribution in [2.75, 3.05) is 13.7 Å². The maximum atomic E-state index is 12.2. The number of nitrogens with zero attached hydrogens (tertiary/aromatic N) is 3. The summed E-state index contributed by atoms with van der Waals surface area (Å²) in [6.07, 6.45) is 2.32. The second-order valence-corrected chi connectivity index (χ2v) is 6.10. The summed E-state index contributed by atoms with van der Waals surface area (Å²) in [5.74, 6) is 0.133. The number of nitrogens with one attached hydrogen (secondary N) is 1. The van der Waals surface area contributed by atoms with Crippen molar-refractivity contribution in [3.05, 3.63) is 53.2 Å². The number of rotatable bonds is 6. The molecule has 7 heteroatoms. The average Bonchev–Trinajstić information content (AvgIpc) is 3.22. The van der Waals surface area contributed by atoms with Gasteiger partial charge < -0.3 is 10.1 Å². The van der Waals surface area contributed by atoms with E-state index in [-0.39, 0.29) is 5.91 Å². The molecule has 3 aromatic rings. The number of carbonyl (C=O) groups is 1. The van der Waals surface area contributed by atoms with Gasteiger partial charge in [0.25, 0.3) is 5.91 Å². The Kier molecular flexibility index (Phi) is 4.90. The van der Waals surface area contributed by atoms with Crippen molar-refractivity contribution >= 4 is 17.2 Å². The molecule has 24 heavy (non-hydrogen) atoms. The van der Waals surface area contributed by atoms with Crippen molar-refractivity contribution in [1.82, 2.24) is 20.1 Å². The summed E-state index contributed by atoms with van der Waals surface area (Å²) in [4.78, 5) is 16.8. The van der Waals surface area contributed by atoms with Crippen LogP contribution < -0.4 is 10.1 Å². The summed E-state index contributed by atoms with van der Waals surface area (Å²) in [6.45, 7) is 0.509. The van der Waals surface area contributed by atoms with Crippen LogP contribution in [0.3, 0.4) is 0 Å². The van der Waals surface area contributed by atoms with Crippen LogP contribution in [0.4, 0.5) is 0 Å². The van der Waals surface area contributed by atoms with Gasteiger partial charge in [-0.15, -0.1) is 16.4 Å². The van der Waals surface area contributed by atoms with Gasteiger partial charge in [0.2, 0.25) is 5.88 Å². The summed E-state index contributed by atoms with van der Waals surface area (Å²) in [5, 5.41) is 9.97. The molecule has 1 amide bonds. The third-order valence-corrected chi connectivity index (χ3v) is 4.41. The van der Waals surface area contributed by atoms with E-state index in [1.54, 1.807) is 29.3 Å². The van der Waals surface area contributed by atoms with Gasteiger partial charge >= 0.3 is 0 Å². The lowest BCUT2D eigenvalue weighted by Gasteiger charge is -2.03. The van der Waals surface area contributed by atoms with Gasteiger partial charge in [0, 0.05) is 37.2 Å². The maximum absolute atomic E-state index is 12.2. The predicted octanol–water partition coefficient (Wildman–Crippen LogP) is 2.52. The van der Waals surface area contributed by atoms with E-state index in [2.05, 4.69) is 15.4 Å². The Hall–Kier alpha value is -2.67. The molecule has 124 valence electrons. The molecule has 0 aliphatic carbocycles. The number of aromatic nitrogens is 3. The maximum Gasteiger partial charge on any atom is 0.258 e. The van der Waals surface area contributed by atoms with E-state index in [0.717, 1.165) is 16.3 Å². The van der Waals surface area contributed by atoms with E-state index < -0.39 is 0 Å². The minimum Gasteiger partial charge on any atom is -0.479 e. The highest BCUT2D eigenvalue weighted by atomic mass is 32.1. The molecule has 1 N–H and O–H groups in total. The van der Waals surface area contributed by atoms with Gasteiger partial charge in [-0.3, -0.25) is 9.48 Å². The SMILES string of the molecule is COc1nn(C)cc1C(=O)NCCc1csc(-c2ccccc2)n1. The van der Waals surface area contributed by atoms with Crippen molar-refractivity contribution < 1.29 is 9.53 Å². The van der Waals surface area contributed by atoms with E-state index in [4.69, 9.17) is 4.74 Å². The van der Waals surface area contributed by atoms with Crippen molar-refractivity contribution in [1.29, 1.82) is 0 Å². The number of benzene rings is 1. The van der Waals surface area contributed by atoms with Gasteiger partial charge in [-0.2, -0.15) is 0 Å². The van der Waals surface area contributed by atoms with E-state index in [1.165, 1.54) is 7.11 Å². The van der Waals surface area contributed by atoms with Crippen LogP contribution in [0.5, 0.6) is 5.88 Å². The summed E-state index contributed by atoms with van der Waals surface area (Å²) in [7, 11) is 3.25. The summed E-state index contributed by atoms with van der Waals surface area (Å²) in [5.41, 5.74) is 2.51. The molecule has 0 atom stereocenters. The molecule has 0 aliphatic rings. The van der Waals surface area contributed by atoms with Gasteiger partial charge in [0.1, 0.15) is 10.6 Å². The molecular weight excluding hydrogens is 324 g/mol. The Balaban J connectivity index is 1.57. The number of thiazole rings is 1. The number of amides is 1. The number of aryl methyl sites for hydroxylation is 1.